The van der Waals surface area contributed by atoms with Crippen molar-refractivity contribution < 1.29 is 14.3 Å². The molecular weight excluding hydrogens is 338 g/mol. The Morgan fingerprint density at radius 1 is 0.815 bits per heavy atom. The number of hydrogen-bond donors (Lipinski definition) is 1. The van der Waals surface area contributed by atoms with Crippen LogP contribution in [0.15, 0.2) is 78.9 Å². The van der Waals surface area contributed by atoms with E-state index in [1.165, 1.54) is 0 Å². The molecule has 138 valence electrons. The Morgan fingerprint density at radius 3 is 2.15 bits per heavy atom. The van der Waals surface area contributed by atoms with E-state index < -0.39 is 0 Å². The number of hydrogen-bond acceptors (Lipinski definition) is 3. The maximum absolute atomic E-state index is 12.3. The van der Waals surface area contributed by atoms with Crippen LogP contribution in [0.25, 0.3) is 0 Å². The molecule has 0 heterocycles. The number of carbonyl (C=O) groups is 1. The van der Waals surface area contributed by atoms with Gasteiger partial charge >= 0.3 is 0 Å². The molecule has 0 aliphatic heterocycles. The minimum atomic E-state index is -0.0851. The molecule has 3 rings (SSSR count). The smallest absolute Gasteiger partial charge is 0.251 e. The number of nitrogens with one attached hydrogen (secondary N) is 1. The van der Waals surface area contributed by atoms with Crippen molar-refractivity contribution in [2.75, 3.05) is 13.7 Å². The first-order valence-electron chi connectivity index (χ1n) is 8.92. The lowest BCUT2D eigenvalue weighted by Gasteiger charge is -2.08. The Morgan fingerprint density at radius 2 is 1.48 bits per heavy atom. The number of methoxy groups -OCH3 is 1. The van der Waals surface area contributed by atoms with Gasteiger partial charge in [0.2, 0.25) is 0 Å². The molecule has 0 saturated carbocycles. The highest BCUT2D eigenvalue weighted by molar-refractivity contribution is 5.94. The standard InChI is InChI=1S/C23H23NO3/c1-26-21-11-7-18(8-12-21)15-16-24-23(25)20-9-13-22(14-10-20)27-17-19-5-3-2-4-6-19/h2-14H,15-17H2,1H3,(H,24,25). The summed E-state index contributed by atoms with van der Waals surface area (Å²) in [4.78, 5) is 12.3. The molecule has 0 spiro atoms. The van der Waals surface area contributed by atoms with Crippen LogP contribution in [-0.2, 0) is 13.0 Å². The highest BCUT2D eigenvalue weighted by atomic mass is 16.5. The Bertz CT molecular complexity index is 843. The largest absolute Gasteiger partial charge is 0.497 e. The first-order valence-corrected chi connectivity index (χ1v) is 8.92. The van der Waals surface area contributed by atoms with E-state index in [2.05, 4.69) is 5.32 Å². The third-order valence-corrected chi connectivity index (χ3v) is 4.22. The third kappa shape index (κ3) is 5.61. The van der Waals surface area contributed by atoms with Crippen molar-refractivity contribution in [3.05, 3.63) is 95.6 Å². The van der Waals surface area contributed by atoms with Gasteiger partial charge in [0.05, 0.1) is 7.11 Å². The Kier molecular flexibility index (Phi) is 6.47. The van der Waals surface area contributed by atoms with Gasteiger partial charge in [-0.1, -0.05) is 42.5 Å². The van der Waals surface area contributed by atoms with E-state index in [0.29, 0.717) is 18.7 Å². The van der Waals surface area contributed by atoms with Gasteiger partial charge in [0.1, 0.15) is 18.1 Å². The summed E-state index contributed by atoms with van der Waals surface area (Å²) in [5, 5.41) is 2.94. The number of rotatable bonds is 8. The van der Waals surface area contributed by atoms with Crippen LogP contribution < -0.4 is 14.8 Å². The molecule has 3 aromatic rings. The predicted octanol–water partition coefficient (Wildman–Crippen LogP) is 4.25. The molecule has 4 heteroatoms. The predicted molar refractivity (Wildman–Crippen MR) is 106 cm³/mol. The van der Waals surface area contributed by atoms with Crippen LogP contribution in [0.3, 0.4) is 0 Å². The molecule has 0 aliphatic carbocycles. The Balaban J connectivity index is 1.45. The second kappa shape index (κ2) is 9.43. The zero-order valence-electron chi connectivity index (χ0n) is 15.4. The molecule has 3 aromatic carbocycles. The zero-order chi connectivity index (χ0) is 18.9. The fraction of sp³-hybridized carbons (Fsp3) is 0.174. The summed E-state index contributed by atoms with van der Waals surface area (Å²) in [6.45, 7) is 1.09. The number of ether oxygens (including phenoxy) is 2. The van der Waals surface area contributed by atoms with Gasteiger partial charge in [-0.05, 0) is 53.9 Å². The summed E-state index contributed by atoms with van der Waals surface area (Å²) in [7, 11) is 1.65. The molecule has 0 unspecified atom stereocenters. The first kappa shape index (κ1) is 18.5. The molecule has 1 amide bonds. The lowest BCUT2D eigenvalue weighted by molar-refractivity contribution is 0.0954. The monoisotopic (exact) mass is 361 g/mol. The average Bonchev–Trinajstić information content (AvgIpc) is 2.74. The summed E-state index contributed by atoms with van der Waals surface area (Å²) < 4.78 is 10.9. The molecule has 0 aromatic heterocycles. The SMILES string of the molecule is COc1ccc(CCNC(=O)c2ccc(OCc3ccccc3)cc2)cc1. The fourth-order valence-corrected chi connectivity index (χ4v) is 2.66. The van der Waals surface area contributed by atoms with Crippen LogP contribution in [0.1, 0.15) is 21.5 Å². The average molecular weight is 361 g/mol. The number of benzene rings is 3. The van der Waals surface area contributed by atoms with Gasteiger partial charge in [-0.25, -0.2) is 0 Å². The van der Waals surface area contributed by atoms with Gasteiger partial charge in [-0.3, -0.25) is 4.79 Å². The van der Waals surface area contributed by atoms with Crippen molar-refractivity contribution in [1.82, 2.24) is 5.32 Å². The quantitative estimate of drug-likeness (QED) is 0.653. The molecule has 0 aliphatic rings. The van der Waals surface area contributed by atoms with Crippen LogP contribution in [0.5, 0.6) is 11.5 Å². The van der Waals surface area contributed by atoms with Crippen molar-refractivity contribution in [3.8, 4) is 11.5 Å². The van der Waals surface area contributed by atoms with Crippen LogP contribution in [-0.4, -0.2) is 19.6 Å². The van der Waals surface area contributed by atoms with Crippen LogP contribution in [0.4, 0.5) is 0 Å². The molecule has 0 radical (unpaired) electrons. The van der Waals surface area contributed by atoms with Gasteiger partial charge in [0.25, 0.3) is 5.91 Å². The maximum atomic E-state index is 12.3. The van der Waals surface area contributed by atoms with Crippen LogP contribution in [0.2, 0.25) is 0 Å². The highest BCUT2D eigenvalue weighted by Crippen LogP contribution is 2.15. The van der Waals surface area contributed by atoms with Crippen molar-refractivity contribution in [2.24, 2.45) is 0 Å². The molecule has 4 nitrogen and oxygen atoms in total. The summed E-state index contributed by atoms with van der Waals surface area (Å²) in [6.07, 6.45) is 0.772. The topological polar surface area (TPSA) is 47.6 Å². The number of carbonyl (C=O) groups excluding carboxylic acids is 1. The van der Waals surface area contributed by atoms with E-state index in [-0.39, 0.29) is 5.91 Å². The number of amides is 1. The lowest BCUT2D eigenvalue weighted by Crippen LogP contribution is -2.25. The van der Waals surface area contributed by atoms with E-state index in [9.17, 15) is 4.79 Å². The van der Waals surface area contributed by atoms with Crippen LogP contribution in [0, 0.1) is 0 Å². The second-order valence-electron chi connectivity index (χ2n) is 6.15. The van der Waals surface area contributed by atoms with Crippen molar-refractivity contribution in [3.63, 3.8) is 0 Å². The van der Waals surface area contributed by atoms with Crippen molar-refractivity contribution >= 4 is 5.91 Å². The summed E-state index contributed by atoms with van der Waals surface area (Å²) >= 11 is 0. The third-order valence-electron chi connectivity index (χ3n) is 4.22. The van der Waals surface area contributed by atoms with E-state index in [1.54, 1.807) is 19.2 Å². The summed E-state index contributed by atoms with van der Waals surface area (Å²) in [5.41, 5.74) is 2.88. The van der Waals surface area contributed by atoms with E-state index >= 15 is 0 Å². The summed E-state index contributed by atoms with van der Waals surface area (Å²) in [5.74, 6) is 1.49. The minimum Gasteiger partial charge on any atom is -0.497 e. The molecule has 0 fully saturated rings. The maximum Gasteiger partial charge on any atom is 0.251 e. The fourth-order valence-electron chi connectivity index (χ4n) is 2.66. The Labute approximate surface area is 159 Å². The molecular formula is C23H23NO3. The van der Waals surface area contributed by atoms with E-state index in [4.69, 9.17) is 9.47 Å². The van der Waals surface area contributed by atoms with E-state index in [1.807, 2.05) is 66.7 Å². The Hall–Kier alpha value is -3.27. The molecule has 1 N–H and O–H groups in total. The minimum absolute atomic E-state index is 0.0851. The molecule has 27 heavy (non-hydrogen) atoms. The lowest BCUT2D eigenvalue weighted by atomic mass is 10.1. The van der Waals surface area contributed by atoms with Crippen molar-refractivity contribution in [1.29, 1.82) is 0 Å². The molecule has 0 bridgehead atoms. The van der Waals surface area contributed by atoms with Gasteiger partial charge in [-0.15, -0.1) is 0 Å². The normalized spacial score (nSPS) is 10.3. The second-order valence-corrected chi connectivity index (χ2v) is 6.15. The van der Waals surface area contributed by atoms with Gasteiger partial charge in [0, 0.05) is 12.1 Å². The summed E-state index contributed by atoms with van der Waals surface area (Å²) in [6, 6.07) is 25.0. The molecule has 0 atom stereocenters. The van der Waals surface area contributed by atoms with Gasteiger partial charge < -0.3 is 14.8 Å². The van der Waals surface area contributed by atoms with Gasteiger partial charge in [0.15, 0.2) is 0 Å². The zero-order valence-corrected chi connectivity index (χ0v) is 15.4. The highest BCUT2D eigenvalue weighted by Gasteiger charge is 2.05. The molecule has 0 saturated heterocycles. The van der Waals surface area contributed by atoms with Gasteiger partial charge in [-0.2, -0.15) is 0 Å². The first-order chi connectivity index (χ1) is 13.2. The van der Waals surface area contributed by atoms with E-state index in [0.717, 1.165) is 29.0 Å². The van der Waals surface area contributed by atoms with Crippen molar-refractivity contribution in [2.45, 2.75) is 13.0 Å². The van der Waals surface area contributed by atoms with Crippen LogP contribution >= 0.6 is 0 Å².